The number of hydrogen-bond acceptors (Lipinski definition) is 8. The van der Waals surface area contributed by atoms with Gasteiger partial charge in [-0.15, -0.1) is 0 Å². The fraction of sp³-hybridized carbons (Fsp3) is 0.875. The van der Waals surface area contributed by atoms with Crippen LogP contribution in [-0.4, -0.2) is 116 Å². The van der Waals surface area contributed by atoms with Crippen molar-refractivity contribution in [3.05, 3.63) is 11.8 Å². The van der Waals surface area contributed by atoms with E-state index in [1.807, 2.05) is 22.8 Å². The van der Waals surface area contributed by atoms with Crippen molar-refractivity contribution in [2.75, 3.05) is 45.8 Å². The van der Waals surface area contributed by atoms with Crippen molar-refractivity contribution in [1.29, 1.82) is 0 Å². The van der Waals surface area contributed by atoms with E-state index in [0.717, 1.165) is 12.1 Å². The third-order valence-corrected chi connectivity index (χ3v) is 10.9. The van der Waals surface area contributed by atoms with E-state index in [2.05, 4.69) is 10.6 Å². The number of halogens is 2. The molecule has 3 saturated heterocycles. The van der Waals surface area contributed by atoms with Gasteiger partial charge in [0.1, 0.15) is 12.3 Å². The van der Waals surface area contributed by atoms with Crippen LogP contribution >= 0.6 is 0 Å². The van der Waals surface area contributed by atoms with Crippen LogP contribution in [0.1, 0.15) is 39.5 Å². The summed E-state index contributed by atoms with van der Waals surface area (Å²) >= 11 is 0. The molecule has 4 aliphatic heterocycles. The summed E-state index contributed by atoms with van der Waals surface area (Å²) in [6.07, 6.45) is 0.776. The third kappa shape index (κ3) is 5.96. The number of allylic oxidation sites excluding steroid dienone is 1. The van der Waals surface area contributed by atoms with Crippen molar-refractivity contribution in [2.45, 2.75) is 81.4 Å². The molecule has 0 saturated carbocycles. The zero-order valence-corrected chi connectivity index (χ0v) is 22.7. The lowest BCUT2D eigenvalue weighted by Crippen LogP contribution is -2.68. The molecular weight excluding hydrogens is 504 g/mol. The minimum atomic E-state index is -3.31. The number of nitrogens with zero attached hydrogens (tertiary/aromatic N) is 3. The number of carbonyl (C=O) groups is 1. The lowest BCUT2D eigenvalue weighted by atomic mass is 9.87. The number of amides is 1. The van der Waals surface area contributed by atoms with Gasteiger partial charge in [0.2, 0.25) is 15.9 Å². The van der Waals surface area contributed by atoms with Crippen LogP contribution in [0.4, 0.5) is 8.78 Å². The van der Waals surface area contributed by atoms with Crippen molar-refractivity contribution in [3.8, 4) is 0 Å². The highest BCUT2D eigenvalue weighted by molar-refractivity contribution is 7.89. The highest BCUT2D eigenvalue weighted by Crippen LogP contribution is 2.31. The Morgan fingerprint density at radius 3 is 2.43 bits per heavy atom. The van der Waals surface area contributed by atoms with E-state index in [1.54, 1.807) is 11.2 Å². The van der Waals surface area contributed by atoms with Crippen molar-refractivity contribution in [2.24, 2.45) is 17.4 Å². The summed E-state index contributed by atoms with van der Waals surface area (Å²) in [6, 6.07) is -1.55. The number of likely N-dealkylation sites (tertiary alicyclic amines) is 1. The fourth-order valence-electron chi connectivity index (χ4n) is 6.04. The van der Waals surface area contributed by atoms with E-state index in [9.17, 15) is 17.6 Å². The van der Waals surface area contributed by atoms with Crippen LogP contribution in [0.25, 0.3) is 0 Å². The summed E-state index contributed by atoms with van der Waals surface area (Å²) in [5.41, 5.74) is 12.9. The van der Waals surface area contributed by atoms with E-state index >= 15 is 4.39 Å². The number of nitrogens with two attached hydrogens (primary N) is 2. The standard InChI is InChI=1S/C24H43F2N7O3S/c1-3-16(25)14-33-15(2)11-20(33)21(23(27)28)24(34)30-19-13-29-12-18(26)22(19)31-9-5-17(6-10-31)37(35,36)32-7-4-8-32/h11,16-23,29H,3-10,12-14,27-28H2,1-2H3,(H,30,34). The molecule has 0 aromatic carbocycles. The zero-order valence-electron chi connectivity index (χ0n) is 21.9. The SMILES string of the molecule is CCC(F)CN1C(C)=CC1C(C(=O)NC1CNCC(F)C1N1CCC(S(=O)(=O)N2CCC2)CC1)C(N)N. The largest absolute Gasteiger partial charge is 0.365 e. The minimum absolute atomic E-state index is 0.162. The minimum Gasteiger partial charge on any atom is -0.365 e. The number of sulfonamides is 1. The Hall–Kier alpha value is -1.38. The normalized spacial score (nSPS) is 31.9. The van der Waals surface area contributed by atoms with Crippen molar-refractivity contribution in [3.63, 3.8) is 0 Å². The molecule has 10 nitrogen and oxygen atoms in total. The Morgan fingerprint density at radius 2 is 1.89 bits per heavy atom. The second-order valence-electron chi connectivity index (χ2n) is 10.9. The van der Waals surface area contributed by atoms with Crippen LogP contribution in [0.2, 0.25) is 0 Å². The number of alkyl halides is 2. The van der Waals surface area contributed by atoms with Crippen LogP contribution in [-0.2, 0) is 14.8 Å². The Bertz CT molecular complexity index is 941. The predicted molar refractivity (Wildman–Crippen MR) is 138 cm³/mol. The van der Waals surface area contributed by atoms with E-state index in [1.165, 1.54) is 0 Å². The van der Waals surface area contributed by atoms with Crippen molar-refractivity contribution < 1.29 is 22.0 Å². The molecule has 6 unspecified atom stereocenters. The topological polar surface area (TPSA) is 137 Å². The molecule has 0 spiro atoms. The van der Waals surface area contributed by atoms with Gasteiger partial charge in [0, 0.05) is 38.4 Å². The van der Waals surface area contributed by atoms with Gasteiger partial charge in [-0.05, 0) is 51.8 Å². The first-order valence-corrected chi connectivity index (χ1v) is 15.0. The second-order valence-corrected chi connectivity index (χ2v) is 13.1. The Morgan fingerprint density at radius 1 is 1.22 bits per heavy atom. The number of hydrogen-bond donors (Lipinski definition) is 4. The Kier molecular flexibility index (Phi) is 9.12. The van der Waals surface area contributed by atoms with Crippen molar-refractivity contribution in [1.82, 2.24) is 24.7 Å². The molecule has 4 aliphatic rings. The smallest absolute Gasteiger partial charge is 0.228 e. The number of carbonyl (C=O) groups excluding carboxylic acids is 1. The molecule has 0 aromatic heterocycles. The van der Waals surface area contributed by atoms with Gasteiger partial charge in [0.05, 0.1) is 35.5 Å². The fourth-order valence-corrected chi connectivity index (χ4v) is 8.04. The maximum atomic E-state index is 15.3. The average Bonchev–Trinajstić information content (AvgIpc) is 2.80. The molecule has 1 amide bonds. The molecule has 212 valence electrons. The molecule has 4 rings (SSSR count). The summed E-state index contributed by atoms with van der Waals surface area (Å²) in [5.74, 6) is -1.21. The van der Waals surface area contributed by atoms with Gasteiger partial charge in [-0.1, -0.05) is 6.92 Å². The number of nitrogens with one attached hydrogen (secondary N) is 2. The quantitative estimate of drug-likeness (QED) is 0.268. The highest BCUT2D eigenvalue weighted by atomic mass is 32.2. The first-order valence-electron chi connectivity index (χ1n) is 13.5. The average molecular weight is 548 g/mol. The van der Waals surface area contributed by atoms with Crippen LogP contribution < -0.4 is 22.1 Å². The molecule has 13 heteroatoms. The van der Waals surface area contributed by atoms with E-state index in [-0.39, 0.29) is 19.0 Å². The maximum Gasteiger partial charge on any atom is 0.228 e. The highest BCUT2D eigenvalue weighted by Gasteiger charge is 2.45. The summed E-state index contributed by atoms with van der Waals surface area (Å²) in [7, 11) is -3.31. The van der Waals surface area contributed by atoms with Gasteiger partial charge in [-0.3, -0.25) is 9.69 Å². The van der Waals surface area contributed by atoms with Gasteiger partial charge >= 0.3 is 0 Å². The first-order chi connectivity index (χ1) is 17.5. The lowest BCUT2D eigenvalue weighted by molar-refractivity contribution is -0.129. The van der Waals surface area contributed by atoms with E-state index in [0.29, 0.717) is 52.0 Å². The second kappa shape index (κ2) is 11.8. The Labute approximate surface area is 219 Å². The third-order valence-electron chi connectivity index (χ3n) is 8.46. The van der Waals surface area contributed by atoms with Crippen LogP contribution in [0.3, 0.4) is 0 Å². The number of piperidine rings is 2. The van der Waals surface area contributed by atoms with Gasteiger partial charge in [0.15, 0.2) is 0 Å². The molecule has 0 aromatic rings. The first kappa shape index (κ1) is 28.6. The van der Waals surface area contributed by atoms with Crippen LogP contribution in [0.5, 0.6) is 0 Å². The molecule has 6 N–H and O–H groups in total. The molecular formula is C24H43F2N7O3S. The van der Waals surface area contributed by atoms with Gasteiger partial charge in [-0.25, -0.2) is 21.5 Å². The Balaban J connectivity index is 1.41. The van der Waals surface area contributed by atoms with Gasteiger partial charge in [-0.2, -0.15) is 0 Å². The molecule has 37 heavy (non-hydrogen) atoms. The van der Waals surface area contributed by atoms with Gasteiger partial charge in [0.25, 0.3) is 0 Å². The van der Waals surface area contributed by atoms with E-state index in [4.69, 9.17) is 11.5 Å². The molecule has 0 aliphatic carbocycles. The monoisotopic (exact) mass is 547 g/mol. The molecule has 6 atom stereocenters. The van der Waals surface area contributed by atoms with Crippen molar-refractivity contribution >= 4 is 15.9 Å². The molecule has 0 bridgehead atoms. The van der Waals surface area contributed by atoms with Crippen LogP contribution in [0, 0.1) is 5.92 Å². The predicted octanol–water partition coefficient (Wildman–Crippen LogP) is -0.523. The summed E-state index contributed by atoms with van der Waals surface area (Å²) in [4.78, 5) is 17.3. The maximum absolute atomic E-state index is 15.3. The van der Waals surface area contributed by atoms with Crippen LogP contribution in [0.15, 0.2) is 11.8 Å². The summed E-state index contributed by atoms with van der Waals surface area (Å²) < 4.78 is 56.5. The molecule has 4 heterocycles. The summed E-state index contributed by atoms with van der Waals surface area (Å²) in [5, 5.41) is 5.59. The number of rotatable bonds is 10. The van der Waals surface area contributed by atoms with Gasteiger partial charge < -0.3 is 27.0 Å². The zero-order chi connectivity index (χ0) is 26.9. The molecule has 3 fully saturated rings. The summed E-state index contributed by atoms with van der Waals surface area (Å²) in [6.45, 7) is 6.39. The van der Waals surface area contributed by atoms with E-state index < -0.39 is 57.8 Å². The lowest BCUT2D eigenvalue weighted by Gasteiger charge is -2.48. The molecule has 0 radical (unpaired) electrons.